The molecule has 0 aliphatic heterocycles. The number of aliphatic carboxylic acids is 1. The zero-order valence-electron chi connectivity index (χ0n) is 15.1. The first-order valence-electron chi connectivity index (χ1n) is 8.78. The maximum absolute atomic E-state index is 13.8. The van der Waals surface area contributed by atoms with E-state index in [9.17, 15) is 14.3 Å². The van der Waals surface area contributed by atoms with Gasteiger partial charge in [-0.25, -0.2) is 4.39 Å². The van der Waals surface area contributed by atoms with Crippen molar-refractivity contribution in [3.63, 3.8) is 0 Å². The highest BCUT2D eigenvalue weighted by Crippen LogP contribution is 2.33. The molecule has 4 heteroatoms. The van der Waals surface area contributed by atoms with Crippen molar-refractivity contribution >= 4 is 5.97 Å². The number of hydrogen-bond acceptors (Lipinski definition) is 2. The lowest BCUT2D eigenvalue weighted by Gasteiger charge is -2.14. The number of rotatable bonds is 6. The summed E-state index contributed by atoms with van der Waals surface area (Å²) in [6.07, 6.45) is 0.261. The third kappa shape index (κ3) is 4.34. The van der Waals surface area contributed by atoms with Gasteiger partial charge in [-0.1, -0.05) is 48.0 Å². The summed E-state index contributed by atoms with van der Waals surface area (Å²) in [5, 5.41) is 18.7. The molecule has 0 aliphatic rings. The molecule has 0 saturated heterocycles. The van der Waals surface area contributed by atoms with Crippen molar-refractivity contribution in [3.8, 4) is 28.0 Å². The Hall–Kier alpha value is -3.14. The van der Waals surface area contributed by atoms with Gasteiger partial charge in [0, 0.05) is 6.42 Å². The second-order valence-corrected chi connectivity index (χ2v) is 6.61. The SMILES string of the molecule is Cc1cccc(-c2ccc(-c3ccc(O)cc3CCC(=O)O)cc2CF)c1. The lowest BCUT2D eigenvalue weighted by molar-refractivity contribution is -0.136. The number of phenols is 1. The topological polar surface area (TPSA) is 57.5 Å². The fraction of sp³-hybridized carbons (Fsp3) is 0.174. The van der Waals surface area contributed by atoms with E-state index in [1.54, 1.807) is 24.3 Å². The number of phenolic OH excluding ortho intramolecular Hbond substituents is 1. The summed E-state index contributed by atoms with van der Waals surface area (Å²) in [5.41, 5.74) is 5.83. The van der Waals surface area contributed by atoms with Crippen molar-refractivity contribution in [2.45, 2.75) is 26.4 Å². The van der Waals surface area contributed by atoms with Crippen LogP contribution in [0.25, 0.3) is 22.3 Å². The Morgan fingerprint density at radius 2 is 1.63 bits per heavy atom. The third-order valence-corrected chi connectivity index (χ3v) is 4.59. The molecule has 0 aliphatic carbocycles. The molecule has 0 unspecified atom stereocenters. The Labute approximate surface area is 157 Å². The van der Waals surface area contributed by atoms with E-state index in [1.807, 2.05) is 43.3 Å². The molecular weight excluding hydrogens is 343 g/mol. The highest BCUT2D eigenvalue weighted by Gasteiger charge is 2.12. The van der Waals surface area contributed by atoms with Gasteiger partial charge in [0.1, 0.15) is 12.4 Å². The van der Waals surface area contributed by atoms with Gasteiger partial charge >= 0.3 is 5.97 Å². The standard InChI is InChI=1S/C23H21FO3/c1-15-3-2-4-16(11-15)22-8-5-17(12-19(22)14-24)21-9-7-20(25)13-18(21)6-10-23(26)27/h2-5,7-9,11-13,25H,6,10,14H2,1H3,(H,26,27). The Morgan fingerprint density at radius 1 is 0.926 bits per heavy atom. The van der Waals surface area contributed by atoms with Crippen LogP contribution in [0.5, 0.6) is 5.75 Å². The summed E-state index contributed by atoms with van der Waals surface area (Å²) in [5.74, 6) is -0.815. The number of carboxylic acids is 1. The van der Waals surface area contributed by atoms with Gasteiger partial charge in [0.25, 0.3) is 0 Å². The van der Waals surface area contributed by atoms with Crippen LogP contribution in [0.4, 0.5) is 4.39 Å². The normalized spacial score (nSPS) is 10.7. The Morgan fingerprint density at radius 3 is 2.33 bits per heavy atom. The third-order valence-electron chi connectivity index (χ3n) is 4.59. The summed E-state index contributed by atoms with van der Waals surface area (Å²) >= 11 is 0. The molecule has 0 heterocycles. The molecule has 27 heavy (non-hydrogen) atoms. The lowest BCUT2D eigenvalue weighted by Crippen LogP contribution is -1.99. The first-order valence-corrected chi connectivity index (χ1v) is 8.78. The van der Waals surface area contributed by atoms with Gasteiger partial charge in [-0.2, -0.15) is 0 Å². The van der Waals surface area contributed by atoms with Gasteiger partial charge in [0.15, 0.2) is 0 Å². The first-order chi connectivity index (χ1) is 13.0. The van der Waals surface area contributed by atoms with Crippen LogP contribution in [0.2, 0.25) is 0 Å². The molecule has 0 fully saturated rings. The molecule has 138 valence electrons. The lowest BCUT2D eigenvalue weighted by atomic mass is 9.91. The minimum atomic E-state index is -0.900. The molecule has 0 saturated carbocycles. The Bertz CT molecular complexity index is 979. The summed E-state index contributed by atoms with van der Waals surface area (Å²) in [6.45, 7) is 1.40. The second-order valence-electron chi connectivity index (χ2n) is 6.61. The molecule has 0 atom stereocenters. The molecule has 3 rings (SSSR count). The van der Waals surface area contributed by atoms with E-state index in [4.69, 9.17) is 5.11 Å². The summed E-state index contributed by atoms with van der Waals surface area (Å²) in [6, 6.07) is 18.4. The predicted octanol–water partition coefficient (Wildman–Crippen LogP) is 5.52. The van der Waals surface area contributed by atoms with Gasteiger partial charge in [0.05, 0.1) is 0 Å². The predicted molar refractivity (Wildman–Crippen MR) is 104 cm³/mol. The smallest absolute Gasteiger partial charge is 0.303 e. The fourth-order valence-corrected chi connectivity index (χ4v) is 3.28. The largest absolute Gasteiger partial charge is 0.508 e. The van der Waals surface area contributed by atoms with Crippen molar-refractivity contribution in [3.05, 3.63) is 77.4 Å². The molecule has 0 aromatic heterocycles. The average Bonchev–Trinajstić information content (AvgIpc) is 2.66. The molecule has 0 amide bonds. The van der Waals surface area contributed by atoms with Crippen molar-refractivity contribution in [2.24, 2.45) is 0 Å². The Balaban J connectivity index is 2.04. The van der Waals surface area contributed by atoms with Gasteiger partial charge in [-0.05, 0) is 64.9 Å². The van der Waals surface area contributed by atoms with E-state index in [0.717, 1.165) is 33.4 Å². The highest BCUT2D eigenvalue weighted by molar-refractivity contribution is 5.76. The van der Waals surface area contributed by atoms with Crippen molar-refractivity contribution in [1.29, 1.82) is 0 Å². The number of alkyl halides is 1. The van der Waals surface area contributed by atoms with Crippen LogP contribution in [0.1, 0.15) is 23.1 Å². The van der Waals surface area contributed by atoms with Crippen LogP contribution in [-0.4, -0.2) is 16.2 Å². The van der Waals surface area contributed by atoms with E-state index in [0.29, 0.717) is 12.0 Å². The minimum Gasteiger partial charge on any atom is -0.508 e. The molecule has 3 aromatic carbocycles. The molecule has 3 nitrogen and oxygen atoms in total. The molecule has 3 aromatic rings. The second kappa shape index (κ2) is 8.04. The number of benzene rings is 3. The van der Waals surface area contributed by atoms with Crippen molar-refractivity contribution in [2.75, 3.05) is 0 Å². The fourth-order valence-electron chi connectivity index (χ4n) is 3.28. The molecular formula is C23H21FO3. The van der Waals surface area contributed by atoms with E-state index < -0.39 is 12.6 Å². The van der Waals surface area contributed by atoms with E-state index in [-0.39, 0.29) is 12.2 Å². The van der Waals surface area contributed by atoms with Crippen LogP contribution in [0, 0.1) is 6.92 Å². The van der Waals surface area contributed by atoms with Crippen molar-refractivity contribution in [1.82, 2.24) is 0 Å². The maximum atomic E-state index is 13.8. The van der Waals surface area contributed by atoms with Crippen molar-refractivity contribution < 1.29 is 19.4 Å². The molecule has 0 radical (unpaired) electrons. The zero-order chi connectivity index (χ0) is 19.4. The number of carbonyl (C=O) groups is 1. The van der Waals surface area contributed by atoms with Gasteiger partial charge < -0.3 is 10.2 Å². The van der Waals surface area contributed by atoms with E-state index >= 15 is 0 Å². The number of hydrogen-bond donors (Lipinski definition) is 2. The zero-order valence-corrected chi connectivity index (χ0v) is 15.1. The highest BCUT2D eigenvalue weighted by atomic mass is 19.1. The van der Waals surface area contributed by atoms with Crippen LogP contribution >= 0.6 is 0 Å². The monoisotopic (exact) mass is 364 g/mol. The summed E-state index contributed by atoms with van der Waals surface area (Å²) in [7, 11) is 0. The van der Waals surface area contributed by atoms with Gasteiger partial charge in [-0.15, -0.1) is 0 Å². The molecule has 0 spiro atoms. The van der Waals surface area contributed by atoms with E-state index in [1.165, 1.54) is 0 Å². The van der Waals surface area contributed by atoms with E-state index in [2.05, 4.69) is 0 Å². The summed E-state index contributed by atoms with van der Waals surface area (Å²) < 4.78 is 13.8. The maximum Gasteiger partial charge on any atom is 0.303 e. The number of halogens is 1. The minimum absolute atomic E-state index is 0.0339. The number of aryl methyl sites for hydroxylation is 2. The number of carboxylic acid groups (broad SMARTS) is 1. The number of aromatic hydroxyl groups is 1. The van der Waals surface area contributed by atoms with Crippen LogP contribution < -0.4 is 0 Å². The van der Waals surface area contributed by atoms with Crippen LogP contribution in [0.3, 0.4) is 0 Å². The molecule has 0 bridgehead atoms. The average molecular weight is 364 g/mol. The van der Waals surface area contributed by atoms with Gasteiger partial charge in [-0.3, -0.25) is 4.79 Å². The van der Waals surface area contributed by atoms with Crippen LogP contribution in [-0.2, 0) is 17.9 Å². The Kier molecular flexibility index (Phi) is 5.55. The van der Waals surface area contributed by atoms with Crippen LogP contribution in [0.15, 0.2) is 60.7 Å². The molecule has 2 N–H and O–H groups in total. The summed E-state index contributed by atoms with van der Waals surface area (Å²) in [4.78, 5) is 10.9. The quantitative estimate of drug-likeness (QED) is 0.605. The first kappa shape index (κ1) is 18.6. The van der Waals surface area contributed by atoms with Gasteiger partial charge in [0.2, 0.25) is 0 Å².